The molecule has 19 heavy (non-hydrogen) atoms. The fourth-order valence-electron chi connectivity index (χ4n) is 2.20. The zero-order valence-corrected chi connectivity index (χ0v) is 11.2. The van der Waals surface area contributed by atoms with Gasteiger partial charge in [0, 0.05) is 25.8 Å². The summed E-state index contributed by atoms with van der Waals surface area (Å²) in [6.07, 6.45) is -1.93. The molecule has 2 rings (SSSR count). The van der Waals surface area contributed by atoms with E-state index in [-0.39, 0.29) is 6.54 Å². The van der Waals surface area contributed by atoms with Gasteiger partial charge in [0.1, 0.15) is 0 Å². The highest BCUT2D eigenvalue weighted by Gasteiger charge is 2.34. The maximum Gasteiger partial charge on any atom is 0.416 e. The zero-order chi connectivity index (χ0) is 14.0. The molecule has 0 radical (unpaired) electrons. The number of anilines is 1. The first-order valence-corrected chi connectivity index (χ1v) is 6.47. The second-order valence-electron chi connectivity index (χ2n) is 5.19. The minimum Gasteiger partial charge on any atom is -0.374 e. The van der Waals surface area contributed by atoms with Crippen LogP contribution < -0.4 is 10.2 Å². The van der Waals surface area contributed by atoms with Gasteiger partial charge in [-0.1, -0.05) is 6.07 Å². The van der Waals surface area contributed by atoms with Crippen molar-refractivity contribution in [3.8, 4) is 0 Å². The molecule has 0 aromatic heterocycles. The third-order valence-corrected chi connectivity index (χ3v) is 3.44. The molecule has 0 saturated heterocycles. The Bertz CT molecular complexity index is 439. The summed E-state index contributed by atoms with van der Waals surface area (Å²) in [5, 5.41) is 2.77. The molecule has 106 valence electrons. The van der Waals surface area contributed by atoms with Crippen LogP contribution in [0.5, 0.6) is 0 Å². The third-order valence-electron chi connectivity index (χ3n) is 3.44. The molecule has 0 atom stereocenters. The SMILES string of the molecule is CNCc1ccc(N(C)CC2CC2)cc1C(F)(F)F. The summed E-state index contributed by atoms with van der Waals surface area (Å²) in [5.74, 6) is 0.649. The van der Waals surface area contributed by atoms with Crippen molar-refractivity contribution in [2.24, 2.45) is 5.92 Å². The quantitative estimate of drug-likeness (QED) is 0.885. The van der Waals surface area contributed by atoms with Crippen LogP contribution in [0.3, 0.4) is 0 Å². The Labute approximate surface area is 111 Å². The maximum absolute atomic E-state index is 13.0. The van der Waals surface area contributed by atoms with Crippen LogP contribution in [0.15, 0.2) is 18.2 Å². The van der Waals surface area contributed by atoms with E-state index in [2.05, 4.69) is 5.32 Å². The largest absolute Gasteiger partial charge is 0.416 e. The van der Waals surface area contributed by atoms with Gasteiger partial charge in [0.25, 0.3) is 0 Å². The van der Waals surface area contributed by atoms with Crippen LogP contribution in [-0.4, -0.2) is 20.6 Å². The summed E-state index contributed by atoms with van der Waals surface area (Å²) < 4.78 is 39.1. The Hall–Kier alpha value is -1.23. The summed E-state index contributed by atoms with van der Waals surface area (Å²) in [6, 6.07) is 4.59. The number of hydrogen-bond donors (Lipinski definition) is 1. The second kappa shape index (κ2) is 5.41. The molecular weight excluding hydrogens is 253 g/mol. The molecule has 0 unspecified atom stereocenters. The van der Waals surface area contributed by atoms with E-state index in [0.717, 1.165) is 6.54 Å². The van der Waals surface area contributed by atoms with Crippen LogP contribution >= 0.6 is 0 Å². The third kappa shape index (κ3) is 3.62. The van der Waals surface area contributed by atoms with Crippen molar-refractivity contribution in [3.05, 3.63) is 29.3 Å². The lowest BCUT2D eigenvalue weighted by Gasteiger charge is -2.22. The maximum atomic E-state index is 13.0. The first-order chi connectivity index (χ1) is 8.91. The van der Waals surface area contributed by atoms with Crippen molar-refractivity contribution >= 4 is 5.69 Å². The Kier molecular flexibility index (Phi) is 4.04. The van der Waals surface area contributed by atoms with E-state index in [9.17, 15) is 13.2 Å². The number of alkyl halides is 3. The average molecular weight is 272 g/mol. The molecule has 1 aromatic carbocycles. The van der Waals surface area contributed by atoms with Crippen molar-refractivity contribution < 1.29 is 13.2 Å². The van der Waals surface area contributed by atoms with Crippen LogP contribution in [-0.2, 0) is 12.7 Å². The van der Waals surface area contributed by atoms with Crippen LogP contribution in [0.4, 0.5) is 18.9 Å². The van der Waals surface area contributed by atoms with E-state index < -0.39 is 11.7 Å². The fourth-order valence-corrected chi connectivity index (χ4v) is 2.20. The Balaban J connectivity index is 2.25. The lowest BCUT2D eigenvalue weighted by Crippen LogP contribution is -2.21. The lowest BCUT2D eigenvalue weighted by atomic mass is 10.1. The summed E-state index contributed by atoms with van der Waals surface area (Å²) in [6.45, 7) is 1.06. The molecule has 1 fully saturated rings. The Morgan fingerprint density at radius 3 is 2.53 bits per heavy atom. The van der Waals surface area contributed by atoms with Crippen molar-refractivity contribution in [2.45, 2.75) is 25.6 Å². The fraction of sp³-hybridized carbons (Fsp3) is 0.571. The highest BCUT2D eigenvalue weighted by atomic mass is 19.4. The standard InChI is InChI=1S/C14H19F3N2/c1-18-8-11-5-6-12(7-13(11)14(15,16)17)19(2)9-10-3-4-10/h5-7,10,18H,3-4,8-9H2,1-2H3. The summed E-state index contributed by atoms with van der Waals surface area (Å²) in [5.41, 5.74) is 0.389. The van der Waals surface area contributed by atoms with Gasteiger partial charge in [-0.25, -0.2) is 0 Å². The van der Waals surface area contributed by atoms with Crippen LogP contribution in [0.2, 0.25) is 0 Å². The van der Waals surface area contributed by atoms with Gasteiger partial charge in [-0.05, 0) is 43.5 Å². The normalized spacial score (nSPS) is 15.6. The molecular formula is C14H19F3N2. The van der Waals surface area contributed by atoms with Gasteiger partial charge >= 0.3 is 6.18 Å². The Morgan fingerprint density at radius 1 is 1.32 bits per heavy atom. The first-order valence-electron chi connectivity index (χ1n) is 6.47. The molecule has 5 heteroatoms. The minimum atomic E-state index is -4.30. The van der Waals surface area contributed by atoms with Gasteiger partial charge in [-0.15, -0.1) is 0 Å². The van der Waals surface area contributed by atoms with Gasteiger partial charge in [-0.3, -0.25) is 0 Å². The molecule has 0 aliphatic heterocycles. The highest BCUT2D eigenvalue weighted by molar-refractivity contribution is 5.51. The molecule has 1 saturated carbocycles. The minimum absolute atomic E-state index is 0.224. The van der Waals surface area contributed by atoms with E-state index in [0.29, 0.717) is 17.2 Å². The molecule has 0 amide bonds. The van der Waals surface area contributed by atoms with Crippen molar-refractivity contribution in [2.75, 3.05) is 25.5 Å². The highest BCUT2D eigenvalue weighted by Crippen LogP contribution is 2.36. The molecule has 1 aliphatic carbocycles. The number of benzene rings is 1. The molecule has 1 N–H and O–H groups in total. The molecule has 2 nitrogen and oxygen atoms in total. The first kappa shape index (κ1) is 14.2. The number of nitrogens with one attached hydrogen (secondary N) is 1. The molecule has 0 spiro atoms. The lowest BCUT2D eigenvalue weighted by molar-refractivity contribution is -0.138. The van der Waals surface area contributed by atoms with Gasteiger partial charge in [-0.2, -0.15) is 13.2 Å². The van der Waals surface area contributed by atoms with Crippen molar-refractivity contribution in [3.63, 3.8) is 0 Å². The number of rotatable bonds is 5. The smallest absolute Gasteiger partial charge is 0.374 e. The number of halogens is 3. The van der Waals surface area contributed by atoms with Gasteiger partial charge in [0.15, 0.2) is 0 Å². The van der Waals surface area contributed by atoms with E-state index in [1.807, 2.05) is 11.9 Å². The molecule has 1 aromatic rings. The van der Waals surface area contributed by atoms with Crippen molar-refractivity contribution in [1.29, 1.82) is 0 Å². The van der Waals surface area contributed by atoms with Gasteiger partial charge in [0.2, 0.25) is 0 Å². The van der Waals surface area contributed by atoms with E-state index in [1.165, 1.54) is 18.9 Å². The summed E-state index contributed by atoms with van der Waals surface area (Å²) >= 11 is 0. The summed E-state index contributed by atoms with van der Waals surface area (Å²) in [7, 11) is 3.50. The van der Waals surface area contributed by atoms with E-state index >= 15 is 0 Å². The number of nitrogens with zero attached hydrogens (tertiary/aromatic N) is 1. The molecule has 0 heterocycles. The van der Waals surface area contributed by atoms with Gasteiger partial charge < -0.3 is 10.2 Å². The Morgan fingerprint density at radius 2 is 2.00 bits per heavy atom. The van der Waals surface area contributed by atoms with Crippen LogP contribution in [0.1, 0.15) is 24.0 Å². The van der Waals surface area contributed by atoms with Crippen LogP contribution in [0, 0.1) is 5.92 Å². The average Bonchev–Trinajstić information content (AvgIpc) is 3.12. The predicted molar refractivity (Wildman–Crippen MR) is 70.2 cm³/mol. The van der Waals surface area contributed by atoms with E-state index in [1.54, 1.807) is 19.2 Å². The predicted octanol–water partition coefficient (Wildman–Crippen LogP) is 3.27. The monoisotopic (exact) mass is 272 g/mol. The van der Waals surface area contributed by atoms with Gasteiger partial charge in [0.05, 0.1) is 5.56 Å². The molecule has 1 aliphatic rings. The zero-order valence-electron chi connectivity index (χ0n) is 11.2. The van der Waals surface area contributed by atoms with Crippen LogP contribution in [0.25, 0.3) is 0 Å². The second-order valence-corrected chi connectivity index (χ2v) is 5.19. The number of hydrogen-bond acceptors (Lipinski definition) is 2. The molecule has 0 bridgehead atoms. The van der Waals surface area contributed by atoms with Crippen molar-refractivity contribution in [1.82, 2.24) is 5.32 Å². The summed E-state index contributed by atoms with van der Waals surface area (Å²) in [4.78, 5) is 1.91. The topological polar surface area (TPSA) is 15.3 Å². The van der Waals surface area contributed by atoms with E-state index in [4.69, 9.17) is 0 Å².